The Balaban J connectivity index is 1.64. The minimum Gasteiger partial charge on any atom is -0.325 e. The number of aryl methyl sites for hydroxylation is 2. The van der Waals surface area contributed by atoms with Crippen molar-refractivity contribution in [2.75, 3.05) is 5.32 Å². The number of thiazole rings is 1. The van der Waals surface area contributed by atoms with Gasteiger partial charge in [0.25, 0.3) is 0 Å². The first-order valence-corrected chi connectivity index (χ1v) is 11.0. The molecule has 148 valence electrons. The number of nitrogens with one attached hydrogen (secondary N) is 1. The van der Waals surface area contributed by atoms with Crippen LogP contribution in [0.25, 0.3) is 0 Å². The first-order chi connectivity index (χ1) is 13.9. The second-order valence-corrected chi connectivity index (χ2v) is 8.71. The van der Waals surface area contributed by atoms with Gasteiger partial charge < -0.3 is 5.32 Å². The molecule has 0 bridgehead atoms. The third-order valence-electron chi connectivity index (χ3n) is 4.76. The van der Waals surface area contributed by atoms with Gasteiger partial charge in [-0.2, -0.15) is 5.26 Å². The van der Waals surface area contributed by atoms with Gasteiger partial charge in [0.15, 0.2) is 0 Å². The first-order valence-electron chi connectivity index (χ1n) is 9.18. The second-order valence-electron chi connectivity index (χ2n) is 6.80. The number of carbonyl (C=O) groups is 1. The van der Waals surface area contributed by atoms with E-state index >= 15 is 0 Å². The lowest BCUT2D eigenvalue weighted by atomic mass is 10.1. The van der Waals surface area contributed by atoms with Crippen molar-refractivity contribution in [3.8, 4) is 6.07 Å². The summed E-state index contributed by atoms with van der Waals surface area (Å²) in [6, 6.07) is 9.98. The van der Waals surface area contributed by atoms with Crippen LogP contribution in [0.4, 0.5) is 5.69 Å². The van der Waals surface area contributed by atoms with Crippen molar-refractivity contribution < 1.29 is 4.79 Å². The number of benzene rings is 1. The minimum atomic E-state index is -0.0777. The standard InChI is InChI=1S/C22H22N4OS2/c1-13-7-5-6-8-19(13)26-20(27)9-21-25-17(11-28-21)12-29-22-18(10-23)15(3)14(2)16(4)24-22/h5-8,11H,9,12H2,1-4H3,(H,26,27). The molecule has 5 nitrogen and oxygen atoms in total. The summed E-state index contributed by atoms with van der Waals surface area (Å²) in [7, 11) is 0. The first kappa shape index (κ1) is 21.0. The van der Waals surface area contributed by atoms with Gasteiger partial charge in [0.1, 0.15) is 16.1 Å². The molecule has 0 aliphatic rings. The van der Waals surface area contributed by atoms with Gasteiger partial charge in [-0.25, -0.2) is 9.97 Å². The van der Waals surface area contributed by atoms with Crippen molar-refractivity contribution >= 4 is 34.7 Å². The van der Waals surface area contributed by atoms with Gasteiger partial charge in [-0.15, -0.1) is 11.3 Å². The molecule has 3 rings (SSSR count). The molecule has 0 fully saturated rings. The van der Waals surface area contributed by atoms with Crippen LogP contribution in [-0.2, 0) is 17.0 Å². The van der Waals surface area contributed by atoms with Gasteiger partial charge in [-0.05, 0) is 50.5 Å². The number of para-hydroxylation sites is 1. The third kappa shape index (κ3) is 5.03. The van der Waals surface area contributed by atoms with Crippen LogP contribution in [0.5, 0.6) is 0 Å². The summed E-state index contributed by atoms with van der Waals surface area (Å²) in [6.07, 6.45) is 0.244. The van der Waals surface area contributed by atoms with Crippen molar-refractivity contribution in [1.29, 1.82) is 5.26 Å². The molecular weight excluding hydrogens is 400 g/mol. The number of anilines is 1. The maximum Gasteiger partial charge on any atom is 0.231 e. The maximum absolute atomic E-state index is 12.3. The van der Waals surface area contributed by atoms with E-state index in [4.69, 9.17) is 0 Å². The molecule has 2 aromatic heterocycles. The quantitative estimate of drug-likeness (QED) is 0.558. The normalized spacial score (nSPS) is 10.6. The molecule has 1 amide bonds. The summed E-state index contributed by atoms with van der Waals surface area (Å²) < 4.78 is 0. The molecule has 0 unspecified atom stereocenters. The highest BCUT2D eigenvalue weighted by molar-refractivity contribution is 7.98. The smallest absolute Gasteiger partial charge is 0.231 e. The minimum absolute atomic E-state index is 0.0777. The van der Waals surface area contributed by atoms with E-state index < -0.39 is 0 Å². The van der Waals surface area contributed by atoms with E-state index in [1.165, 1.54) is 23.1 Å². The number of amides is 1. The molecule has 1 N–H and O–H groups in total. The second kappa shape index (κ2) is 9.21. The average molecular weight is 423 g/mol. The SMILES string of the molecule is Cc1ccccc1NC(=O)Cc1nc(CSc2nc(C)c(C)c(C)c2C#N)cs1. The molecule has 7 heteroatoms. The lowest BCUT2D eigenvalue weighted by Crippen LogP contribution is -2.15. The van der Waals surface area contributed by atoms with Crippen LogP contribution < -0.4 is 5.32 Å². The topological polar surface area (TPSA) is 78.7 Å². The average Bonchev–Trinajstić information content (AvgIpc) is 3.13. The van der Waals surface area contributed by atoms with Crippen molar-refractivity contribution in [3.63, 3.8) is 0 Å². The van der Waals surface area contributed by atoms with Gasteiger partial charge in [-0.3, -0.25) is 4.79 Å². The Morgan fingerprint density at radius 1 is 1.17 bits per heavy atom. The molecule has 29 heavy (non-hydrogen) atoms. The summed E-state index contributed by atoms with van der Waals surface area (Å²) >= 11 is 2.98. The van der Waals surface area contributed by atoms with Crippen LogP contribution in [0.2, 0.25) is 0 Å². The highest BCUT2D eigenvalue weighted by Gasteiger charge is 2.14. The van der Waals surface area contributed by atoms with Crippen LogP contribution in [0.3, 0.4) is 0 Å². The molecule has 0 aliphatic heterocycles. The zero-order chi connectivity index (χ0) is 21.0. The zero-order valence-electron chi connectivity index (χ0n) is 16.9. The summed E-state index contributed by atoms with van der Waals surface area (Å²) in [6.45, 7) is 7.87. The molecule has 0 radical (unpaired) electrons. The van der Waals surface area contributed by atoms with E-state index in [-0.39, 0.29) is 12.3 Å². The molecule has 2 heterocycles. The lowest BCUT2D eigenvalue weighted by molar-refractivity contribution is -0.115. The van der Waals surface area contributed by atoms with Crippen LogP contribution in [0, 0.1) is 39.0 Å². The largest absolute Gasteiger partial charge is 0.325 e. The lowest BCUT2D eigenvalue weighted by Gasteiger charge is -2.10. The fraction of sp³-hybridized carbons (Fsp3) is 0.273. The van der Waals surface area contributed by atoms with Gasteiger partial charge in [0, 0.05) is 22.5 Å². The Hall–Kier alpha value is -2.69. The molecular formula is C22H22N4OS2. The van der Waals surface area contributed by atoms with Crippen LogP contribution >= 0.6 is 23.1 Å². The number of hydrogen-bond acceptors (Lipinski definition) is 6. The molecule has 0 spiro atoms. The van der Waals surface area contributed by atoms with E-state index in [0.717, 1.165) is 43.8 Å². The third-order valence-corrected chi connectivity index (χ3v) is 6.67. The van der Waals surface area contributed by atoms with Gasteiger partial charge in [-0.1, -0.05) is 30.0 Å². The van der Waals surface area contributed by atoms with Crippen LogP contribution in [-0.4, -0.2) is 15.9 Å². The molecule has 0 atom stereocenters. The molecule has 0 saturated carbocycles. The van der Waals surface area contributed by atoms with Crippen molar-refractivity contribution in [2.45, 2.75) is 44.9 Å². The molecule has 0 saturated heterocycles. The van der Waals surface area contributed by atoms with Crippen LogP contribution in [0.15, 0.2) is 34.7 Å². The van der Waals surface area contributed by atoms with Crippen molar-refractivity contribution in [3.05, 3.63) is 68.3 Å². The summed E-state index contributed by atoms with van der Waals surface area (Å²) in [5.74, 6) is 0.533. The van der Waals surface area contributed by atoms with Crippen molar-refractivity contribution in [1.82, 2.24) is 9.97 Å². The summed E-state index contributed by atoms with van der Waals surface area (Å²) in [4.78, 5) is 21.5. The fourth-order valence-corrected chi connectivity index (χ4v) is 4.71. The van der Waals surface area contributed by atoms with Crippen molar-refractivity contribution in [2.24, 2.45) is 0 Å². The van der Waals surface area contributed by atoms with Gasteiger partial charge >= 0.3 is 0 Å². The fourth-order valence-electron chi connectivity index (χ4n) is 2.83. The monoisotopic (exact) mass is 422 g/mol. The zero-order valence-corrected chi connectivity index (χ0v) is 18.5. The Bertz CT molecular complexity index is 1100. The Morgan fingerprint density at radius 2 is 1.93 bits per heavy atom. The van der Waals surface area contributed by atoms with E-state index in [0.29, 0.717) is 11.3 Å². The van der Waals surface area contributed by atoms with E-state index in [1.54, 1.807) is 0 Å². The number of nitrogens with zero attached hydrogens (tertiary/aromatic N) is 3. The molecule has 0 aliphatic carbocycles. The molecule has 3 aromatic rings. The van der Waals surface area contributed by atoms with E-state index in [9.17, 15) is 10.1 Å². The Kier molecular flexibility index (Phi) is 6.68. The van der Waals surface area contributed by atoms with E-state index in [1.807, 2.05) is 57.3 Å². The predicted octanol–water partition coefficient (Wildman–Crippen LogP) is 5.12. The highest BCUT2D eigenvalue weighted by atomic mass is 32.2. The number of pyridine rings is 1. The Morgan fingerprint density at radius 3 is 2.66 bits per heavy atom. The Labute approximate surface area is 179 Å². The van der Waals surface area contributed by atoms with Crippen LogP contribution in [0.1, 0.15) is 38.6 Å². The highest BCUT2D eigenvalue weighted by Crippen LogP contribution is 2.29. The summed E-state index contributed by atoms with van der Waals surface area (Å²) in [5.41, 5.74) is 6.35. The van der Waals surface area contributed by atoms with E-state index in [2.05, 4.69) is 21.4 Å². The van der Waals surface area contributed by atoms with Gasteiger partial charge in [0.05, 0.1) is 17.7 Å². The molecule has 1 aromatic carbocycles. The number of aromatic nitrogens is 2. The number of thioether (sulfide) groups is 1. The summed E-state index contributed by atoms with van der Waals surface area (Å²) in [5, 5.41) is 15.9. The van der Waals surface area contributed by atoms with Gasteiger partial charge in [0.2, 0.25) is 5.91 Å². The number of hydrogen-bond donors (Lipinski definition) is 1. The number of nitriles is 1. The number of rotatable bonds is 6. The predicted molar refractivity (Wildman–Crippen MR) is 118 cm³/mol. The maximum atomic E-state index is 12.3. The number of carbonyl (C=O) groups excluding carboxylic acids is 1.